The first-order valence-electron chi connectivity index (χ1n) is 8.60. The molecule has 0 spiro atoms. The summed E-state index contributed by atoms with van der Waals surface area (Å²) in [4.78, 5) is 22.8. The van der Waals surface area contributed by atoms with E-state index in [0.29, 0.717) is 37.4 Å². The van der Waals surface area contributed by atoms with Crippen molar-refractivity contribution in [2.24, 2.45) is 5.73 Å². The first-order valence-corrected chi connectivity index (χ1v) is 8.60. The molecule has 0 fully saturated rings. The smallest absolute Gasteiger partial charge is 0.315 e. The summed E-state index contributed by atoms with van der Waals surface area (Å²) in [5.74, 6) is 0.950. The number of carbonyl (C=O) groups is 2. The summed E-state index contributed by atoms with van der Waals surface area (Å²) in [5.41, 5.74) is 8.06. The van der Waals surface area contributed by atoms with Crippen LogP contribution in [-0.2, 0) is 24.3 Å². The van der Waals surface area contributed by atoms with Gasteiger partial charge in [-0.15, -0.1) is 0 Å². The van der Waals surface area contributed by atoms with Gasteiger partial charge < -0.3 is 25.8 Å². The highest BCUT2D eigenvalue weighted by atomic mass is 16.5. The van der Waals surface area contributed by atoms with Crippen LogP contribution >= 0.6 is 0 Å². The lowest BCUT2D eigenvalue weighted by atomic mass is 10.1. The molecule has 0 aromatic heterocycles. The van der Waals surface area contributed by atoms with Gasteiger partial charge >= 0.3 is 6.03 Å². The third kappa shape index (κ3) is 6.54. The van der Waals surface area contributed by atoms with E-state index in [9.17, 15) is 9.59 Å². The van der Waals surface area contributed by atoms with Crippen molar-refractivity contribution in [3.05, 3.63) is 59.2 Å². The number of primary amides is 1. The molecule has 144 valence electrons. The fourth-order valence-corrected chi connectivity index (χ4v) is 2.51. The zero-order chi connectivity index (χ0) is 19.6. The van der Waals surface area contributed by atoms with E-state index in [1.165, 1.54) is 0 Å². The zero-order valence-electron chi connectivity index (χ0n) is 15.6. The predicted octanol–water partition coefficient (Wildman–Crippen LogP) is 2.12. The molecule has 7 nitrogen and oxygen atoms in total. The first kappa shape index (κ1) is 20.1. The number of nitrogens with two attached hydrogens (primary N) is 1. The highest BCUT2D eigenvalue weighted by molar-refractivity contribution is 5.74. The minimum atomic E-state index is -0.313. The van der Waals surface area contributed by atoms with Crippen molar-refractivity contribution < 1.29 is 19.1 Å². The van der Waals surface area contributed by atoms with E-state index < -0.39 is 0 Å². The Kier molecular flexibility index (Phi) is 7.49. The molecule has 2 aromatic carbocycles. The third-order valence-corrected chi connectivity index (χ3v) is 4.04. The Bertz CT molecular complexity index is 775. The molecule has 0 atom stereocenters. The van der Waals surface area contributed by atoms with Gasteiger partial charge in [-0.25, -0.2) is 4.79 Å². The van der Waals surface area contributed by atoms with Crippen LogP contribution in [0.5, 0.6) is 11.5 Å². The molecule has 3 amide bonds. The molecular formula is C20H25N3O4. The van der Waals surface area contributed by atoms with Crippen LogP contribution in [0.1, 0.15) is 23.1 Å². The van der Waals surface area contributed by atoms with E-state index >= 15 is 0 Å². The van der Waals surface area contributed by atoms with Gasteiger partial charge in [-0.1, -0.05) is 30.3 Å². The summed E-state index contributed by atoms with van der Waals surface area (Å²) < 4.78 is 10.4. The van der Waals surface area contributed by atoms with E-state index in [1.54, 1.807) is 20.3 Å². The van der Waals surface area contributed by atoms with Gasteiger partial charge in [0, 0.05) is 19.5 Å². The molecule has 0 unspecified atom stereocenters. The van der Waals surface area contributed by atoms with Crippen LogP contribution in [0, 0.1) is 0 Å². The normalized spacial score (nSPS) is 10.1. The van der Waals surface area contributed by atoms with Crippen molar-refractivity contribution in [3.63, 3.8) is 0 Å². The Hall–Kier alpha value is -3.22. The molecule has 0 aliphatic rings. The molecule has 0 heterocycles. The number of methoxy groups -OCH3 is 2. The Balaban J connectivity index is 1.78. The van der Waals surface area contributed by atoms with Crippen LogP contribution in [0.25, 0.3) is 0 Å². The number of rotatable bonds is 9. The average Bonchev–Trinajstić information content (AvgIpc) is 2.69. The molecule has 0 aliphatic heterocycles. The van der Waals surface area contributed by atoms with Gasteiger partial charge in [-0.3, -0.25) is 4.79 Å². The highest BCUT2D eigenvalue weighted by Crippen LogP contribution is 2.27. The molecular weight excluding hydrogens is 346 g/mol. The van der Waals surface area contributed by atoms with E-state index in [-0.39, 0.29) is 11.9 Å². The van der Waals surface area contributed by atoms with Gasteiger partial charge in [-0.2, -0.15) is 0 Å². The third-order valence-electron chi connectivity index (χ3n) is 4.04. The lowest BCUT2D eigenvalue weighted by molar-refractivity contribution is -0.117. The Morgan fingerprint density at radius 1 is 0.852 bits per heavy atom. The fourth-order valence-electron chi connectivity index (χ4n) is 2.51. The van der Waals surface area contributed by atoms with Crippen molar-refractivity contribution in [2.75, 3.05) is 14.2 Å². The number of aryl methyl sites for hydroxylation is 1. The van der Waals surface area contributed by atoms with Crippen LogP contribution in [0.3, 0.4) is 0 Å². The number of nitrogens with one attached hydrogen (secondary N) is 2. The van der Waals surface area contributed by atoms with Gasteiger partial charge in [0.2, 0.25) is 5.91 Å². The van der Waals surface area contributed by atoms with E-state index in [2.05, 4.69) is 10.6 Å². The lowest BCUT2D eigenvalue weighted by Gasteiger charge is -2.11. The molecule has 2 rings (SSSR count). The predicted molar refractivity (Wildman–Crippen MR) is 103 cm³/mol. The second kappa shape index (κ2) is 10.1. The monoisotopic (exact) mass is 371 g/mol. The van der Waals surface area contributed by atoms with Gasteiger partial charge in [-0.05, 0) is 35.2 Å². The molecule has 2 aromatic rings. The highest BCUT2D eigenvalue weighted by Gasteiger charge is 2.06. The van der Waals surface area contributed by atoms with Crippen LogP contribution in [0.15, 0.2) is 42.5 Å². The molecule has 27 heavy (non-hydrogen) atoms. The standard InChI is InChI=1S/C20H25N3O4/c1-26-17-9-7-16(11-18(17)27-2)13-23-20(25)22-12-15-5-3-14(4-6-15)8-10-19(21)24/h3-7,9,11H,8,10,12-13H2,1-2H3,(H2,21,24)(H2,22,23,25). The van der Waals surface area contributed by atoms with E-state index in [1.807, 2.05) is 36.4 Å². The molecule has 7 heteroatoms. The molecule has 0 saturated heterocycles. The second-order valence-corrected chi connectivity index (χ2v) is 6.01. The summed E-state index contributed by atoms with van der Waals surface area (Å²) in [6.45, 7) is 0.784. The number of hydrogen-bond donors (Lipinski definition) is 3. The number of benzene rings is 2. The molecule has 0 bridgehead atoms. The molecule has 0 radical (unpaired) electrons. The maximum Gasteiger partial charge on any atom is 0.315 e. The van der Waals surface area contributed by atoms with Crippen LogP contribution < -0.4 is 25.8 Å². The lowest BCUT2D eigenvalue weighted by Crippen LogP contribution is -2.34. The molecule has 0 aliphatic carbocycles. The van der Waals surface area contributed by atoms with Crippen molar-refractivity contribution in [1.29, 1.82) is 0 Å². The number of ether oxygens (including phenoxy) is 2. The minimum absolute atomic E-state index is 0.261. The van der Waals surface area contributed by atoms with Gasteiger partial charge in [0.1, 0.15) is 0 Å². The molecule has 4 N–H and O–H groups in total. The quantitative estimate of drug-likeness (QED) is 0.628. The molecule has 0 saturated carbocycles. The van der Waals surface area contributed by atoms with Gasteiger partial charge in [0.25, 0.3) is 0 Å². The Morgan fingerprint density at radius 3 is 2.00 bits per heavy atom. The minimum Gasteiger partial charge on any atom is -0.493 e. The zero-order valence-corrected chi connectivity index (χ0v) is 15.6. The SMILES string of the molecule is COc1ccc(CNC(=O)NCc2ccc(CCC(N)=O)cc2)cc1OC. The maximum atomic E-state index is 12.0. The number of urea groups is 1. The van der Waals surface area contributed by atoms with Crippen LogP contribution in [-0.4, -0.2) is 26.2 Å². The number of hydrogen-bond acceptors (Lipinski definition) is 4. The summed E-state index contributed by atoms with van der Waals surface area (Å²) in [5, 5.41) is 5.61. The largest absolute Gasteiger partial charge is 0.493 e. The number of carbonyl (C=O) groups excluding carboxylic acids is 2. The van der Waals surface area contributed by atoms with Crippen LogP contribution in [0.2, 0.25) is 0 Å². The van der Waals surface area contributed by atoms with E-state index in [4.69, 9.17) is 15.2 Å². The summed E-state index contributed by atoms with van der Waals surface area (Å²) in [6, 6.07) is 12.9. The Labute approximate surface area is 158 Å². The summed E-state index contributed by atoms with van der Waals surface area (Å²) in [6.07, 6.45) is 0.949. The average molecular weight is 371 g/mol. The summed E-state index contributed by atoms with van der Waals surface area (Å²) in [7, 11) is 3.15. The van der Waals surface area contributed by atoms with Crippen LogP contribution in [0.4, 0.5) is 4.79 Å². The van der Waals surface area contributed by atoms with Crippen molar-refractivity contribution in [1.82, 2.24) is 10.6 Å². The van der Waals surface area contributed by atoms with Gasteiger partial charge in [0.05, 0.1) is 14.2 Å². The van der Waals surface area contributed by atoms with Crippen molar-refractivity contribution in [2.45, 2.75) is 25.9 Å². The van der Waals surface area contributed by atoms with Gasteiger partial charge in [0.15, 0.2) is 11.5 Å². The van der Waals surface area contributed by atoms with E-state index in [0.717, 1.165) is 16.7 Å². The number of amides is 3. The first-order chi connectivity index (χ1) is 13.0. The Morgan fingerprint density at radius 2 is 1.41 bits per heavy atom. The topological polar surface area (TPSA) is 103 Å². The van der Waals surface area contributed by atoms with Crippen molar-refractivity contribution in [3.8, 4) is 11.5 Å². The fraction of sp³-hybridized carbons (Fsp3) is 0.300. The second-order valence-electron chi connectivity index (χ2n) is 6.01. The van der Waals surface area contributed by atoms with Crippen molar-refractivity contribution >= 4 is 11.9 Å². The summed E-state index contributed by atoms with van der Waals surface area (Å²) >= 11 is 0. The maximum absolute atomic E-state index is 12.0.